The summed E-state index contributed by atoms with van der Waals surface area (Å²) < 4.78 is 2.06. The molecule has 0 radical (unpaired) electrons. The molecule has 2 aliphatic heterocycles. The minimum absolute atomic E-state index is 0.146. The van der Waals surface area contributed by atoms with Gasteiger partial charge in [-0.2, -0.15) is 0 Å². The lowest BCUT2D eigenvalue weighted by Gasteiger charge is -2.16. The van der Waals surface area contributed by atoms with Crippen LogP contribution in [0.25, 0.3) is 0 Å². The highest BCUT2D eigenvalue weighted by atomic mass is 16.6. The Morgan fingerprint density at radius 1 is 1.33 bits per heavy atom. The first-order valence-corrected chi connectivity index (χ1v) is 6.97. The summed E-state index contributed by atoms with van der Waals surface area (Å²) in [5.74, 6) is 1.64. The van der Waals surface area contributed by atoms with E-state index in [1.807, 2.05) is 18.2 Å². The van der Waals surface area contributed by atoms with Crippen LogP contribution in [0.5, 0.6) is 0 Å². The molecule has 1 aromatic heterocycles. The van der Waals surface area contributed by atoms with E-state index in [-0.39, 0.29) is 16.7 Å². The van der Waals surface area contributed by atoms with E-state index >= 15 is 0 Å². The van der Waals surface area contributed by atoms with Gasteiger partial charge in [0.1, 0.15) is 18.3 Å². The van der Waals surface area contributed by atoms with Crippen molar-refractivity contribution in [2.24, 2.45) is 0 Å². The van der Waals surface area contributed by atoms with Gasteiger partial charge in [0.25, 0.3) is 0 Å². The van der Waals surface area contributed by atoms with Crippen LogP contribution in [-0.4, -0.2) is 18.0 Å². The highest BCUT2D eigenvalue weighted by molar-refractivity contribution is 5.67. The lowest BCUT2D eigenvalue weighted by molar-refractivity contribution is -0.672. The molecule has 1 atom stereocenters. The number of nitrogens with one attached hydrogen (secondary N) is 1. The van der Waals surface area contributed by atoms with Crippen molar-refractivity contribution in [1.82, 2.24) is 0 Å². The van der Waals surface area contributed by atoms with Gasteiger partial charge in [0.2, 0.25) is 5.82 Å². The van der Waals surface area contributed by atoms with Gasteiger partial charge in [0.05, 0.1) is 11.5 Å². The Morgan fingerprint density at radius 3 is 2.90 bits per heavy atom. The van der Waals surface area contributed by atoms with Crippen molar-refractivity contribution >= 4 is 23.0 Å². The molecule has 0 saturated heterocycles. The maximum Gasteiger partial charge on any atom is 0.341 e. The first kappa shape index (κ1) is 12.1. The highest BCUT2D eigenvalue weighted by Gasteiger charge is 2.45. The van der Waals surface area contributed by atoms with Gasteiger partial charge >= 0.3 is 11.5 Å². The summed E-state index contributed by atoms with van der Waals surface area (Å²) in [6.45, 7) is 3.66. The van der Waals surface area contributed by atoms with Crippen molar-refractivity contribution in [1.29, 1.82) is 0 Å². The van der Waals surface area contributed by atoms with Crippen molar-refractivity contribution < 1.29 is 9.49 Å². The van der Waals surface area contributed by atoms with Crippen LogP contribution in [0.3, 0.4) is 0 Å². The molecule has 106 valence electrons. The number of nitro groups is 1. The smallest absolute Gasteiger partial charge is 0.296 e. The van der Waals surface area contributed by atoms with Crippen LogP contribution in [0, 0.1) is 17.0 Å². The Kier molecular flexibility index (Phi) is 2.42. The zero-order chi connectivity index (χ0) is 14.6. The topological polar surface area (TPSA) is 62.3 Å². The van der Waals surface area contributed by atoms with Crippen LogP contribution in [0.4, 0.5) is 23.0 Å². The molecule has 2 aromatic rings. The predicted octanol–water partition coefficient (Wildman–Crippen LogP) is 2.31. The fourth-order valence-electron chi connectivity index (χ4n) is 3.31. The Balaban J connectivity index is 1.88. The average Bonchev–Trinajstić information content (AvgIpc) is 3.04. The number of nitrogens with zero attached hydrogens (tertiary/aromatic N) is 3. The number of para-hydroxylation sites is 1. The average molecular weight is 283 g/mol. The summed E-state index contributed by atoms with van der Waals surface area (Å²) in [4.78, 5) is 13.1. The van der Waals surface area contributed by atoms with E-state index in [1.54, 1.807) is 6.07 Å². The number of hydrogen-bond acceptors (Lipinski definition) is 4. The summed E-state index contributed by atoms with van der Waals surface area (Å²) in [6, 6.07) is 11.9. The highest BCUT2D eigenvalue weighted by Crippen LogP contribution is 2.38. The molecule has 1 unspecified atom stereocenters. The van der Waals surface area contributed by atoms with Gasteiger partial charge < -0.3 is 0 Å². The minimum Gasteiger partial charge on any atom is -0.296 e. The number of anilines is 3. The molecule has 0 bridgehead atoms. The summed E-state index contributed by atoms with van der Waals surface area (Å²) in [5.41, 5.74) is 2.52. The molecule has 21 heavy (non-hydrogen) atoms. The summed E-state index contributed by atoms with van der Waals surface area (Å²) in [5, 5.41) is 14.3. The van der Waals surface area contributed by atoms with Gasteiger partial charge in [-0.3, -0.25) is 20.3 Å². The van der Waals surface area contributed by atoms with E-state index < -0.39 is 0 Å². The fourth-order valence-corrected chi connectivity index (χ4v) is 3.31. The molecule has 6 heteroatoms. The molecule has 4 rings (SSSR count). The standard InChI is InChI=1S/C15H14N4O2/c1-10-4-2-3-5-12(10)17-9-11-8-16-15-13(19(20)21)6-7-14(17)18(11)15/h2-7,11H,8-9H2,1H3/p+1. The number of hydrogen-bond donors (Lipinski definition) is 1. The normalized spacial score (nSPS) is 18.5. The molecule has 0 amide bonds. The van der Waals surface area contributed by atoms with Crippen LogP contribution < -0.4 is 14.8 Å². The van der Waals surface area contributed by atoms with E-state index in [2.05, 4.69) is 33.8 Å². The molecular formula is C15H15N4O2+. The second-order valence-electron chi connectivity index (χ2n) is 5.48. The van der Waals surface area contributed by atoms with Crippen molar-refractivity contribution in [3.63, 3.8) is 0 Å². The van der Waals surface area contributed by atoms with Gasteiger partial charge in [0.15, 0.2) is 0 Å². The van der Waals surface area contributed by atoms with E-state index in [0.29, 0.717) is 5.82 Å². The Bertz CT molecular complexity index is 759. The van der Waals surface area contributed by atoms with Crippen molar-refractivity contribution in [3.05, 3.63) is 52.1 Å². The van der Waals surface area contributed by atoms with Crippen LogP contribution in [-0.2, 0) is 0 Å². The molecule has 0 fully saturated rings. The zero-order valence-corrected chi connectivity index (χ0v) is 11.6. The van der Waals surface area contributed by atoms with Crippen molar-refractivity contribution in [2.45, 2.75) is 13.0 Å². The van der Waals surface area contributed by atoms with E-state index in [0.717, 1.165) is 24.6 Å². The fraction of sp³-hybridized carbons (Fsp3) is 0.267. The number of benzene rings is 1. The van der Waals surface area contributed by atoms with Gasteiger partial charge in [-0.1, -0.05) is 18.2 Å². The number of rotatable bonds is 2. The van der Waals surface area contributed by atoms with Gasteiger partial charge in [-0.25, -0.2) is 4.57 Å². The molecular weight excluding hydrogens is 268 g/mol. The van der Waals surface area contributed by atoms with Crippen LogP contribution in [0.15, 0.2) is 36.4 Å². The second kappa shape index (κ2) is 4.18. The van der Waals surface area contributed by atoms with Crippen LogP contribution in [0.1, 0.15) is 11.6 Å². The zero-order valence-electron chi connectivity index (χ0n) is 11.6. The summed E-state index contributed by atoms with van der Waals surface area (Å²) >= 11 is 0. The van der Waals surface area contributed by atoms with Gasteiger partial charge in [-0.05, 0) is 18.6 Å². The maximum atomic E-state index is 11.1. The van der Waals surface area contributed by atoms with Crippen LogP contribution >= 0.6 is 0 Å². The maximum absolute atomic E-state index is 11.1. The molecule has 6 nitrogen and oxygen atoms in total. The van der Waals surface area contributed by atoms with Crippen LogP contribution in [0.2, 0.25) is 0 Å². The first-order chi connectivity index (χ1) is 10.2. The molecule has 1 aromatic carbocycles. The summed E-state index contributed by atoms with van der Waals surface area (Å²) in [7, 11) is 0. The Labute approximate surface area is 121 Å². The third-order valence-electron chi connectivity index (χ3n) is 4.26. The van der Waals surface area contributed by atoms with Crippen molar-refractivity contribution in [2.75, 3.05) is 23.3 Å². The Hall–Kier alpha value is -2.63. The van der Waals surface area contributed by atoms with E-state index in [1.165, 1.54) is 5.56 Å². The molecule has 0 aliphatic carbocycles. The lowest BCUT2D eigenvalue weighted by atomic mass is 10.1. The number of pyridine rings is 1. The largest absolute Gasteiger partial charge is 0.341 e. The first-order valence-electron chi connectivity index (χ1n) is 6.97. The second-order valence-corrected chi connectivity index (χ2v) is 5.48. The van der Waals surface area contributed by atoms with Gasteiger partial charge in [-0.15, -0.1) is 0 Å². The third-order valence-corrected chi connectivity index (χ3v) is 4.26. The monoisotopic (exact) mass is 283 g/mol. The van der Waals surface area contributed by atoms with E-state index in [4.69, 9.17) is 0 Å². The predicted molar refractivity (Wildman–Crippen MR) is 79.0 cm³/mol. The van der Waals surface area contributed by atoms with Crippen molar-refractivity contribution in [3.8, 4) is 0 Å². The number of aromatic nitrogens is 1. The molecule has 3 heterocycles. The minimum atomic E-state index is -0.325. The SMILES string of the molecule is Cc1ccccc1N1CC2CNc3c([N+](=O)[O-])ccc1[n+]32. The summed E-state index contributed by atoms with van der Waals surface area (Å²) in [6.07, 6.45) is 0. The third kappa shape index (κ3) is 1.62. The Morgan fingerprint density at radius 2 is 2.14 bits per heavy atom. The quantitative estimate of drug-likeness (QED) is 0.522. The lowest BCUT2D eigenvalue weighted by Crippen LogP contribution is -2.33. The molecule has 0 saturated carbocycles. The molecule has 0 spiro atoms. The van der Waals surface area contributed by atoms with E-state index in [9.17, 15) is 10.1 Å². The molecule has 1 N–H and O–H groups in total. The molecule has 2 aliphatic rings. The number of aryl methyl sites for hydroxylation is 1. The van der Waals surface area contributed by atoms with Gasteiger partial charge in [0, 0.05) is 12.1 Å².